The normalized spacial score (nSPS) is 10.3. The van der Waals surface area contributed by atoms with E-state index < -0.39 is 0 Å². The molecule has 4 heteroatoms. The number of ether oxygens (including phenoxy) is 1. The van der Waals surface area contributed by atoms with Gasteiger partial charge in [-0.05, 0) is 42.0 Å². The van der Waals surface area contributed by atoms with Crippen molar-refractivity contribution in [3.8, 4) is 11.4 Å². The number of hydrogen-bond acceptors (Lipinski definition) is 3. The van der Waals surface area contributed by atoms with E-state index in [2.05, 4.69) is 34.6 Å². The number of nitrogens with one attached hydrogen (secondary N) is 1. The minimum Gasteiger partial charge on any atom is -0.489 e. The van der Waals surface area contributed by atoms with Gasteiger partial charge < -0.3 is 14.6 Å². The number of aromatic nitrogens is 2. The summed E-state index contributed by atoms with van der Waals surface area (Å²) in [5.74, 6) is 0.868. The number of anilines is 1. The molecule has 0 radical (unpaired) electrons. The second kappa shape index (κ2) is 6.13. The molecule has 1 N–H and O–H groups in total. The smallest absolute Gasteiger partial charge is 0.119 e. The topological polar surface area (TPSA) is 39.1 Å². The van der Waals surface area contributed by atoms with Crippen LogP contribution in [0.2, 0.25) is 0 Å². The van der Waals surface area contributed by atoms with E-state index in [0.717, 1.165) is 22.7 Å². The molecule has 0 saturated carbocycles. The summed E-state index contributed by atoms with van der Waals surface area (Å²) in [6.45, 7) is 0.559. The molecule has 0 atom stereocenters. The molecule has 0 bridgehead atoms. The molecule has 0 unspecified atom stereocenters. The lowest BCUT2D eigenvalue weighted by Gasteiger charge is -2.08. The molecular formula is C17H17N3O. The summed E-state index contributed by atoms with van der Waals surface area (Å²) < 4.78 is 7.75. The number of rotatable bonds is 5. The molecule has 21 heavy (non-hydrogen) atoms. The van der Waals surface area contributed by atoms with Gasteiger partial charge in [0.25, 0.3) is 0 Å². The molecule has 0 spiro atoms. The third-order valence-corrected chi connectivity index (χ3v) is 3.29. The first kappa shape index (κ1) is 13.2. The Bertz CT molecular complexity index is 673. The third kappa shape index (κ3) is 3.23. The summed E-state index contributed by atoms with van der Waals surface area (Å²) >= 11 is 0. The molecule has 0 aliphatic heterocycles. The van der Waals surface area contributed by atoms with Gasteiger partial charge in [0.1, 0.15) is 12.4 Å². The van der Waals surface area contributed by atoms with Crippen LogP contribution in [-0.4, -0.2) is 16.6 Å². The van der Waals surface area contributed by atoms with Gasteiger partial charge in [0.15, 0.2) is 0 Å². The lowest BCUT2D eigenvalue weighted by atomic mass is 10.2. The first-order chi connectivity index (χ1) is 10.3. The fourth-order valence-electron chi connectivity index (χ4n) is 2.06. The summed E-state index contributed by atoms with van der Waals surface area (Å²) in [7, 11) is 1.90. The average Bonchev–Trinajstić information content (AvgIpc) is 3.08. The first-order valence-corrected chi connectivity index (χ1v) is 6.83. The second-order valence-electron chi connectivity index (χ2n) is 4.70. The van der Waals surface area contributed by atoms with Gasteiger partial charge in [-0.25, -0.2) is 4.98 Å². The van der Waals surface area contributed by atoms with Crippen LogP contribution in [0.1, 0.15) is 5.56 Å². The van der Waals surface area contributed by atoms with Crippen LogP contribution in [0.25, 0.3) is 5.69 Å². The Morgan fingerprint density at radius 3 is 2.43 bits per heavy atom. The van der Waals surface area contributed by atoms with Crippen molar-refractivity contribution < 1.29 is 4.74 Å². The molecular weight excluding hydrogens is 262 g/mol. The van der Waals surface area contributed by atoms with Gasteiger partial charge in [-0.3, -0.25) is 0 Å². The largest absolute Gasteiger partial charge is 0.489 e. The van der Waals surface area contributed by atoms with Crippen molar-refractivity contribution in [3.05, 3.63) is 72.8 Å². The fourth-order valence-corrected chi connectivity index (χ4v) is 2.06. The molecule has 0 aliphatic carbocycles. The maximum Gasteiger partial charge on any atom is 0.119 e. The van der Waals surface area contributed by atoms with Gasteiger partial charge in [0, 0.05) is 30.8 Å². The summed E-state index contributed by atoms with van der Waals surface area (Å²) in [4.78, 5) is 4.04. The third-order valence-electron chi connectivity index (χ3n) is 3.29. The predicted octanol–water partition coefficient (Wildman–Crippen LogP) is 3.49. The summed E-state index contributed by atoms with van der Waals surface area (Å²) in [5.41, 5.74) is 3.30. The van der Waals surface area contributed by atoms with Crippen LogP contribution in [0.5, 0.6) is 5.75 Å². The molecule has 3 rings (SSSR count). The van der Waals surface area contributed by atoms with E-state index in [4.69, 9.17) is 4.74 Å². The zero-order chi connectivity index (χ0) is 14.5. The highest BCUT2D eigenvalue weighted by Gasteiger charge is 1.99. The van der Waals surface area contributed by atoms with Crippen molar-refractivity contribution in [1.29, 1.82) is 0 Å². The van der Waals surface area contributed by atoms with E-state index in [-0.39, 0.29) is 0 Å². The van der Waals surface area contributed by atoms with Gasteiger partial charge in [-0.15, -0.1) is 0 Å². The fraction of sp³-hybridized carbons (Fsp3) is 0.118. The van der Waals surface area contributed by atoms with E-state index in [1.54, 1.807) is 12.5 Å². The molecule has 106 valence electrons. The highest BCUT2D eigenvalue weighted by atomic mass is 16.5. The average molecular weight is 279 g/mol. The van der Waals surface area contributed by atoms with E-state index in [9.17, 15) is 0 Å². The van der Waals surface area contributed by atoms with Crippen LogP contribution in [0.15, 0.2) is 67.3 Å². The highest BCUT2D eigenvalue weighted by molar-refractivity contribution is 5.45. The van der Waals surface area contributed by atoms with Crippen molar-refractivity contribution in [2.24, 2.45) is 0 Å². The molecule has 0 aliphatic rings. The zero-order valence-corrected chi connectivity index (χ0v) is 11.9. The van der Waals surface area contributed by atoms with Crippen molar-refractivity contribution in [3.63, 3.8) is 0 Å². The quantitative estimate of drug-likeness (QED) is 0.777. The minimum atomic E-state index is 0.559. The van der Waals surface area contributed by atoms with Crippen LogP contribution in [0.4, 0.5) is 5.69 Å². The highest BCUT2D eigenvalue weighted by Crippen LogP contribution is 2.17. The van der Waals surface area contributed by atoms with Crippen molar-refractivity contribution in [2.45, 2.75) is 6.61 Å². The Balaban J connectivity index is 1.62. The Labute approximate surface area is 124 Å². The van der Waals surface area contributed by atoms with Crippen LogP contribution >= 0.6 is 0 Å². The number of hydrogen-bond donors (Lipinski definition) is 1. The van der Waals surface area contributed by atoms with Gasteiger partial charge in [0.2, 0.25) is 0 Å². The van der Waals surface area contributed by atoms with Gasteiger partial charge >= 0.3 is 0 Å². The van der Waals surface area contributed by atoms with E-state index in [1.165, 1.54) is 0 Å². The lowest BCUT2D eigenvalue weighted by Crippen LogP contribution is -1.97. The maximum absolute atomic E-state index is 5.78. The van der Waals surface area contributed by atoms with Crippen LogP contribution in [0, 0.1) is 0 Å². The Hall–Kier alpha value is -2.75. The SMILES string of the molecule is CNc1ccc(OCc2ccc(-n3ccnc3)cc2)cc1. The number of imidazole rings is 1. The molecule has 0 fully saturated rings. The Morgan fingerprint density at radius 1 is 1.05 bits per heavy atom. The number of benzene rings is 2. The molecule has 4 nitrogen and oxygen atoms in total. The van der Waals surface area contributed by atoms with E-state index >= 15 is 0 Å². The van der Waals surface area contributed by atoms with Gasteiger partial charge in [0.05, 0.1) is 6.33 Å². The van der Waals surface area contributed by atoms with E-state index in [1.807, 2.05) is 42.1 Å². The second-order valence-corrected chi connectivity index (χ2v) is 4.70. The number of nitrogens with zero attached hydrogens (tertiary/aromatic N) is 2. The molecule has 0 amide bonds. The van der Waals surface area contributed by atoms with Crippen LogP contribution in [-0.2, 0) is 6.61 Å². The summed E-state index contributed by atoms with van der Waals surface area (Å²) in [5, 5.41) is 3.08. The van der Waals surface area contributed by atoms with Gasteiger partial charge in [-0.1, -0.05) is 12.1 Å². The molecule has 2 aromatic carbocycles. The minimum absolute atomic E-state index is 0.559. The van der Waals surface area contributed by atoms with Crippen molar-refractivity contribution in [1.82, 2.24) is 9.55 Å². The summed E-state index contributed by atoms with van der Waals surface area (Å²) in [6, 6.07) is 16.2. The monoisotopic (exact) mass is 279 g/mol. The zero-order valence-electron chi connectivity index (χ0n) is 11.9. The first-order valence-electron chi connectivity index (χ1n) is 6.83. The van der Waals surface area contributed by atoms with Crippen molar-refractivity contribution >= 4 is 5.69 Å². The van der Waals surface area contributed by atoms with Crippen LogP contribution in [0.3, 0.4) is 0 Å². The predicted molar refractivity (Wildman–Crippen MR) is 83.9 cm³/mol. The van der Waals surface area contributed by atoms with Crippen molar-refractivity contribution in [2.75, 3.05) is 12.4 Å². The molecule has 0 saturated heterocycles. The van der Waals surface area contributed by atoms with E-state index in [0.29, 0.717) is 6.61 Å². The van der Waals surface area contributed by atoms with Crippen LogP contribution < -0.4 is 10.1 Å². The molecule has 3 aromatic rings. The Morgan fingerprint density at radius 2 is 1.81 bits per heavy atom. The van der Waals surface area contributed by atoms with Gasteiger partial charge in [-0.2, -0.15) is 0 Å². The lowest BCUT2D eigenvalue weighted by molar-refractivity contribution is 0.306. The Kier molecular flexibility index (Phi) is 3.87. The molecule has 1 heterocycles. The molecule has 1 aromatic heterocycles. The maximum atomic E-state index is 5.78. The summed E-state index contributed by atoms with van der Waals surface area (Å²) in [6.07, 6.45) is 5.48. The standard InChI is InChI=1S/C17H17N3O/c1-18-15-4-8-17(9-5-15)21-12-14-2-6-16(7-3-14)20-11-10-19-13-20/h2-11,13,18H,12H2,1H3.